The minimum Gasteiger partial charge on any atom is -0.340 e. The Bertz CT molecular complexity index is 464. The molecule has 4 nitrogen and oxygen atoms in total. The van der Waals surface area contributed by atoms with Crippen LogP contribution in [0.2, 0.25) is 0 Å². The highest BCUT2D eigenvalue weighted by atomic mass is 79.9. The third-order valence-electron chi connectivity index (χ3n) is 2.68. The molecular weight excluding hydrogens is 316 g/mol. The molecule has 0 aromatic heterocycles. The number of nitrogens with zero attached hydrogens (tertiary/aromatic N) is 1. The van der Waals surface area contributed by atoms with Gasteiger partial charge in [0.15, 0.2) is 0 Å². The molecule has 0 spiro atoms. The summed E-state index contributed by atoms with van der Waals surface area (Å²) in [5, 5.41) is 2.53. The SMILES string of the molecule is CN(Cc1ccc(Br)cc1)C(=O)C1CSC(=O)N1. The number of halogens is 1. The fourth-order valence-corrected chi connectivity index (χ4v) is 2.76. The zero-order chi connectivity index (χ0) is 13.1. The van der Waals surface area contributed by atoms with Crippen LogP contribution < -0.4 is 5.32 Å². The van der Waals surface area contributed by atoms with Gasteiger partial charge in [-0.15, -0.1) is 0 Å². The van der Waals surface area contributed by atoms with Crippen LogP contribution in [0, 0.1) is 0 Å². The van der Waals surface area contributed by atoms with Crippen molar-refractivity contribution in [1.29, 1.82) is 0 Å². The summed E-state index contributed by atoms with van der Waals surface area (Å²) in [4.78, 5) is 24.7. The number of carbonyl (C=O) groups is 2. The van der Waals surface area contributed by atoms with Gasteiger partial charge in [0.2, 0.25) is 5.91 Å². The van der Waals surface area contributed by atoms with Crippen LogP contribution in [0.15, 0.2) is 28.7 Å². The number of rotatable bonds is 3. The molecule has 1 heterocycles. The maximum Gasteiger partial charge on any atom is 0.279 e. The van der Waals surface area contributed by atoms with Crippen molar-refractivity contribution >= 4 is 38.8 Å². The summed E-state index contributed by atoms with van der Waals surface area (Å²) in [6.07, 6.45) is 0. The zero-order valence-corrected chi connectivity index (χ0v) is 12.3. The zero-order valence-electron chi connectivity index (χ0n) is 9.85. The van der Waals surface area contributed by atoms with Gasteiger partial charge in [-0.1, -0.05) is 39.8 Å². The van der Waals surface area contributed by atoms with Crippen LogP contribution in [0.4, 0.5) is 4.79 Å². The first-order chi connectivity index (χ1) is 8.56. The number of amides is 2. The summed E-state index contributed by atoms with van der Waals surface area (Å²) >= 11 is 4.53. The number of hydrogen-bond donors (Lipinski definition) is 1. The molecular formula is C12H13BrN2O2S. The Kier molecular flexibility index (Phi) is 4.29. The fourth-order valence-electron chi connectivity index (χ4n) is 1.73. The molecule has 0 radical (unpaired) electrons. The monoisotopic (exact) mass is 328 g/mol. The first kappa shape index (κ1) is 13.4. The van der Waals surface area contributed by atoms with E-state index in [4.69, 9.17) is 0 Å². The third-order valence-corrected chi connectivity index (χ3v) is 4.09. The topological polar surface area (TPSA) is 49.4 Å². The van der Waals surface area contributed by atoms with Crippen LogP contribution in [-0.4, -0.2) is 34.9 Å². The lowest BCUT2D eigenvalue weighted by Gasteiger charge is -2.20. The molecule has 1 atom stereocenters. The highest BCUT2D eigenvalue weighted by molar-refractivity contribution is 9.10. The van der Waals surface area contributed by atoms with E-state index >= 15 is 0 Å². The van der Waals surface area contributed by atoms with Crippen LogP contribution >= 0.6 is 27.7 Å². The molecule has 1 N–H and O–H groups in total. The highest BCUT2D eigenvalue weighted by Crippen LogP contribution is 2.16. The van der Waals surface area contributed by atoms with E-state index in [1.165, 1.54) is 0 Å². The van der Waals surface area contributed by atoms with Crippen LogP contribution in [0.3, 0.4) is 0 Å². The standard InChI is InChI=1S/C12H13BrN2O2S/c1-15(6-8-2-4-9(13)5-3-8)11(16)10-7-18-12(17)14-10/h2-5,10H,6-7H2,1H3,(H,14,17). The Balaban J connectivity index is 1.95. The summed E-state index contributed by atoms with van der Waals surface area (Å²) < 4.78 is 1.01. The van der Waals surface area contributed by atoms with Crippen LogP contribution in [0.1, 0.15) is 5.56 Å². The molecule has 0 aliphatic carbocycles. The van der Waals surface area contributed by atoms with Crippen molar-refractivity contribution < 1.29 is 9.59 Å². The summed E-state index contributed by atoms with van der Waals surface area (Å²) in [7, 11) is 1.75. The van der Waals surface area contributed by atoms with Gasteiger partial charge in [0.1, 0.15) is 6.04 Å². The average Bonchev–Trinajstić information content (AvgIpc) is 2.78. The Morgan fingerprint density at radius 2 is 2.17 bits per heavy atom. The number of hydrogen-bond acceptors (Lipinski definition) is 3. The maximum atomic E-state index is 12.1. The van der Waals surface area contributed by atoms with Crippen molar-refractivity contribution in [1.82, 2.24) is 10.2 Å². The van der Waals surface area contributed by atoms with E-state index in [9.17, 15) is 9.59 Å². The van der Waals surface area contributed by atoms with Gasteiger partial charge in [-0.05, 0) is 17.7 Å². The quantitative estimate of drug-likeness (QED) is 0.925. The third kappa shape index (κ3) is 3.26. The minimum atomic E-state index is -0.386. The van der Waals surface area contributed by atoms with Gasteiger partial charge in [0.05, 0.1) is 0 Å². The fraction of sp³-hybridized carbons (Fsp3) is 0.333. The molecule has 2 rings (SSSR count). The Morgan fingerprint density at radius 3 is 2.72 bits per heavy atom. The second-order valence-corrected chi connectivity index (χ2v) is 6.02. The van der Waals surface area contributed by atoms with Crippen LogP contribution in [0.25, 0.3) is 0 Å². The lowest BCUT2D eigenvalue weighted by atomic mass is 10.2. The first-order valence-electron chi connectivity index (χ1n) is 5.49. The molecule has 96 valence electrons. The predicted molar refractivity (Wildman–Crippen MR) is 75.4 cm³/mol. The number of likely N-dealkylation sites (N-methyl/N-ethyl adjacent to an activating group) is 1. The van der Waals surface area contributed by atoms with Gasteiger partial charge in [0.25, 0.3) is 5.24 Å². The van der Waals surface area contributed by atoms with Crippen molar-refractivity contribution in [3.63, 3.8) is 0 Å². The molecule has 6 heteroatoms. The maximum absolute atomic E-state index is 12.1. The molecule has 1 aliphatic heterocycles. The number of thioether (sulfide) groups is 1. The van der Waals surface area contributed by atoms with Crippen LogP contribution in [0.5, 0.6) is 0 Å². The van der Waals surface area contributed by atoms with E-state index < -0.39 is 0 Å². The second kappa shape index (κ2) is 5.75. The smallest absolute Gasteiger partial charge is 0.279 e. The molecule has 0 saturated carbocycles. The van der Waals surface area contributed by atoms with Crippen molar-refractivity contribution in [3.05, 3.63) is 34.3 Å². The van der Waals surface area contributed by atoms with Gasteiger partial charge in [-0.25, -0.2) is 0 Å². The Hall–Kier alpha value is -1.01. The van der Waals surface area contributed by atoms with E-state index in [-0.39, 0.29) is 17.2 Å². The minimum absolute atomic E-state index is 0.0451. The van der Waals surface area contributed by atoms with Crippen molar-refractivity contribution in [2.24, 2.45) is 0 Å². The Morgan fingerprint density at radius 1 is 1.50 bits per heavy atom. The van der Waals surface area contributed by atoms with E-state index in [1.807, 2.05) is 24.3 Å². The van der Waals surface area contributed by atoms with Gasteiger partial charge in [-0.2, -0.15) is 0 Å². The van der Waals surface area contributed by atoms with Crippen LogP contribution in [-0.2, 0) is 11.3 Å². The largest absolute Gasteiger partial charge is 0.340 e. The number of nitrogens with one attached hydrogen (secondary N) is 1. The number of carbonyl (C=O) groups excluding carboxylic acids is 2. The van der Waals surface area contributed by atoms with Gasteiger partial charge in [0, 0.05) is 23.8 Å². The van der Waals surface area contributed by atoms with Crippen molar-refractivity contribution in [3.8, 4) is 0 Å². The summed E-state index contributed by atoms with van der Waals surface area (Å²) in [6.45, 7) is 0.545. The average molecular weight is 329 g/mol. The van der Waals surface area contributed by atoms with E-state index in [2.05, 4.69) is 21.2 Å². The molecule has 1 fully saturated rings. The molecule has 18 heavy (non-hydrogen) atoms. The van der Waals surface area contributed by atoms with Gasteiger partial charge >= 0.3 is 0 Å². The molecule has 1 aliphatic rings. The van der Waals surface area contributed by atoms with E-state index in [1.54, 1.807) is 11.9 Å². The van der Waals surface area contributed by atoms with Crippen molar-refractivity contribution in [2.75, 3.05) is 12.8 Å². The summed E-state index contributed by atoms with van der Waals surface area (Å²) in [5.41, 5.74) is 1.06. The molecule has 2 amide bonds. The lowest BCUT2D eigenvalue weighted by Crippen LogP contribution is -2.43. The van der Waals surface area contributed by atoms with E-state index in [0.717, 1.165) is 21.8 Å². The van der Waals surface area contributed by atoms with Gasteiger partial charge in [-0.3, -0.25) is 9.59 Å². The summed E-state index contributed by atoms with van der Waals surface area (Å²) in [6, 6.07) is 7.44. The molecule has 1 saturated heterocycles. The van der Waals surface area contributed by atoms with Gasteiger partial charge < -0.3 is 10.2 Å². The Labute approximate surface area is 118 Å². The van der Waals surface area contributed by atoms with Crippen molar-refractivity contribution in [2.45, 2.75) is 12.6 Å². The molecule has 1 unspecified atom stereocenters. The number of benzene rings is 1. The normalized spacial score (nSPS) is 18.6. The first-order valence-corrected chi connectivity index (χ1v) is 7.27. The second-order valence-electron chi connectivity index (χ2n) is 4.12. The highest BCUT2D eigenvalue weighted by Gasteiger charge is 2.29. The summed E-state index contributed by atoms with van der Waals surface area (Å²) in [5.74, 6) is 0.471. The molecule has 0 bridgehead atoms. The molecule has 1 aromatic rings. The van der Waals surface area contributed by atoms with E-state index in [0.29, 0.717) is 12.3 Å². The molecule has 1 aromatic carbocycles. The predicted octanol–water partition coefficient (Wildman–Crippen LogP) is 2.23. The lowest BCUT2D eigenvalue weighted by molar-refractivity contribution is -0.131.